The van der Waals surface area contributed by atoms with Crippen molar-refractivity contribution in [1.82, 2.24) is 24.4 Å². The summed E-state index contributed by atoms with van der Waals surface area (Å²) in [5.41, 5.74) is 1.11. The highest BCUT2D eigenvalue weighted by molar-refractivity contribution is 7.17. The summed E-state index contributed by atoms with van der Waals surface area (Å²) in [6.07, 6.45) is 0.751. The van der Waals surface area contributed by atoms with E-state index in [0.717, 1.165) is 66.1 Å². The molecule has 4 rings (SSSR count). The SMILES string of the molecule is CCc1nc2sc(C(c3cccc(OC)c3)N3CCN(CC)CC3)c(O)n2n1. The molecule has 7 nitrogen and oxygen atoms in total. The topological polar surface area (TPSA) is 66.1 Å². The Morgan fingerprint density at radius 2 is 2.00 bits per heavy atom. The highest BCUT2D eigenvalue weighted by Crippen LogP contribution is 2.40. The van der Waals surface area contributed by atoms with Crippen LogP contribution in [0.15, 0.2) is 24.3 Å². The number of ether oxygens (including phenoxy) is 1. The first kappa shape index (κ1) is 19.2. The van der Waals surface area contributed by atoms with E-state index in [1.165, 1.54) is 11.3 Å². The van der Waals surface area contributed by atoms with Crippen LogP contribution < -0.4 is 4.74 Å². The number of nitrogens with zero attached hydrogens (tertiary/aromatic N) is 5. The van der Waals surface area contributed by atoms with E-state index in [-0.39, 0.29) is 11.9 Å². The van der Waals surface area contributed by atoms with Gasteiger partial charge in [0.25, 0.3) is 0 Å². The van der Waals surface area contributed by atoms with Gasteiger partial charge < -0.3 is 14.7 Å². The number of likely N-dealkylation sites (N-methyl/N-ethyl adjacent to an activating group) is 1. The van der Waals surface area contributed by atoms with Crippen molar-refractivity contribution in [3.63, 3.8) is 0 Å². The summed E-state index contributed by atoms with van der Waals surface area (Å²) < 4.78 is 7.03. The number of benzene rings is 1. The molecule has 3 heterocycles. The number of piperazine rings is 1. The Morgan fingerprint density at radius 3 is 2.64 bits per heavy atom. The smallest absolute Gasteiger partial charge is 0.230 e. The van der Waals surface area contributed by atoms with Gasteiger partial charge in [-0.25, -0.2) is 4.98 Å². The number of hydrogen-bond acceptors (Lipinski definition) is 7. The summed E-state index contributed by atoms with van der Waals surface area (Å²) in [4.78, 5) is 11.1. The van der Waals surface area contributed by atoms with Gasteiger partial charge in [-0.2, -0.15) is 4.52 Å². The molecule has 1 fully saturated rings. The van der Waals surface area contributed by atoms with Crippen molar-refractivity contribution in [2.75, 3.05) is 39.8 Å². The molecule has 0 radical (unpaired) electrons. The lowest BCUT2D eigenvalue weighted by molar-refractivity contribution is 0.113. The van der Waals surface area contributed by atoms with Crippen molar-refractivity contribution in [3.8, 4) is 11.6 Å². The average Bonchev–Trinajstić information content (AvgIpc) is 3.28. The van der Waals surface area contributed by atoms with E-state index >= 15 is 0 Å². The maximum Gasteiger partial charge on any atom is 0.230 e. The van der Waals surface area contributed by atoms with Gasteiger partial charge in [-0.15, -0.1) is 5.10 Å². The molecule has 1 atom stereocenters. The molecule has 1 aliphatic rings. The van der Waals surface area contributed by atoms with Crippen LogP contribution in [-0.4, -0.2) is 69.3 Å². The van der Waals surface area contributed by atoms with E-state index in [9.17, 15) is 5.11 Å². The third-order valence-corrected chi connectivity index (χ3v) is 6.51. The molecular weight excluding hydrogens is 374 g/mol. The molecule has 28 heavy (non-hydrogen) atoms. The minimum absolute atomic E-state index is 0.0484. The van der Waals surface area contributed by atoms with Crippen molar-refractivity contribution in [2.24, 2.45) is 0 Å². The highest BCUT2D eigenvalue weighted by atomic mass is 32.1. The minimum Gasteiger partial charge on any atom is -0.497 e. The fraction of sp³-hybridized carbons (Fsp3) is 0.500. The number of fused-ring (bicyclic) bond motifs is 1. The van der Waals surface area contributed by atoms with E-state index in [1.54, 1.807) is 11.6 Å². The van der Waals surface area contributed by atoms with Gasteiger partial charge in [0, 0.05) is 32.6 Å². The van der Waals surface area contributed by atoms with Gasteiger partial charge in [0.2, 0.25) is 10.8 Å². The maximum atomic E-state index is 11.0. The molecular formula is C20H27N5O2S. The first-order chi connectivity index (χ1) is 13.6. The third-order valence-electron chi connectivity index (χ3n) is 5.44. The second kappa shape index (κ2) is 8.06. The lowest BCUT2D eigenvalue weighted by Gasteiger charge is -2.38. The molecule has 3 aromatic rings. The number of methoxy groups -OCH3 is 1. The highest BCUT2D eigenvalue weighted by Gasteiger charge is 2.31. The zero-order chi connectivity index (χ0) is 19.7. The molecule has 1 unspecified atom stereocenters. The molecule has 0 bridgehead atoms. The molecule has 150 valence electrons. The number of rotatable bonds is 6. The number of aromatic hydroxyl groups is 1. The van der Waals surface area contributed by atoms with Crippen molar-refractivity contribution in [1.29, 1.82) is 0 Å². The lowest BCUT2D eigenvalue weighted by Crippen LogP contribution is -2.47. The Morgan fingerprint density at radius 1 is 1.21 bits per heavy atom. The number of aryl methyl sites for hydroxylation is 1. The van der Waals surface area contributed by atoms with Crippen LogP contribution in [0.3, 0.4) is 0 Å². The number of thiazole rings is 1. The van der Waals surface area contributed by atoms with Gasteiger partial charge in [-0.05, 0) is 24.2 Å². The first-order valence-electron chi connectivity index (χ1n) is 9.82. The number of hydrogen-bond donors (Lipinski definition) is 1. The van der Waals surface area contributed by atoms with Gasteiger partial charge in [0.15, 0.2) is 5.82 Å². The van der Waals surface area contributed by atoms with Crippen molar-refractivity contribution in [3.05, 3.63) is 40.5 Å². The Hall–Kier alpha value is -2.16. The van der Waals surface area contributed by atoms with Gasteiger partial charge in [0.05, 0.1) is 18.0 Å². The van der Waals surface area contributed by atoms with E-state index in [4.69, 9.17) is 4.74 Å². The summed E-state index contributed by atoms with van der Waals surface area (Å²) in [6, 6.07) is 8.07. The molecule has 0 spiro atoms. The van der Waals surface area contributed by atoms with Crippen LogP contribution in [0.1, 0.15) is 36.2 Å². The van der Waals surface area contributed by atoms with E-state index < -0.39 is 0 Å². The van der Waals surface area contributed by atoms with Gasteiger partial charge in [0.1, 0.15) is 5.75 Å². The van der Waals surface area contributed by atoms with Crippen molar-refractivity contribution >= 4 is 16.3 Å². The van der Waals surface area contributed by atoms with Crippen LogP contribution in [0.4, 0.5) is 0 Å². The van der Waals surface area contributed by atoms with Crippen LogP contribution in [0, 0.1) is 0 Å². The van der Waals surface area contributed by atoms with Gasteiger partial charge in [-0.1, -0.05) is 37.3 Å². The van der Waals surface area contributed by atoms with Gasteiger partial charge in [-0.3, -0.25) is 4.90 Å². The first-order valence-corrected chi connectivity index (χ1v) is 10.6. The predicted molar refractivity (Wildman–Crippen MR) is 110 cm³/mol. The quantitative estimate of drug-likeness (QED) is 0.685. The monoisotopic (exact) mass is 401 g/mol. The lowest BCUT2D eigenvalue weighted by atomic mass is 10.0. The molecule has 8 heteroatoms. The summed E-state index contributed by atoms with van der Waals surface area (Å²) in [6.45, 7) is 9.23. The van der Waals surface area contributed by atoms with Gasteiger partial charge >= 0.3 is 0 Å². The predicted octanol–water partition coefficient (Wildman–Crippen LogP) is 2.79. The average molecular weight is 402 g/mol. The Balaban J connectivity index is 1.76. The zero-order valence-electron chi connectivity index (χ0n) is 16.6. The van der Waals surface area contributed by atoms with E-state index in [0.29, 0.717) is 0 Å². The fourth-order valence-corrected chi connectivity index (χ4v) is 4.93. The normalized spacial score (nSPS) is 17.2. The van der Waals surface area contributed by atoms with Crippen LogP contribution in [0.5, 0.6) is 11.6 Å². The Bertz CT molecular complexity index is 945. The molecule has 1 aliphatic heterocycles. The molecule has 1 aromatic carbocycles. The van der Waals surface area contributed by atoms with E-state index in [1.807, 2.05) is 19.1 Å². The maximum absolute atomic E-state index is 11.0. The van der Waals surface area contributed by atoms with E-state index in [2.05, 4.69) is 38.9 Å². The van der Waals surface area contributed by atoms with Crippen molar-refractivity contribution in [2.45, 2.75) is 26.3 Å². The Kier molecular flexibility index (Phi) is 5.52. The van der Waals surface area contributed by atoms with Crippen LogP contribution >= 0.6 is 11.3 Å². The van der Waals surface area contributed by atoms with Crippen molar-refractivity contribution < 1.29 is 9.84 Å². The number of aromatic nitrogens is 3. The molecule has 1 saturated heterocycles. The minimum atomic E-state index is -0.0484. The summed E-state index contributed by atoms with van der Waals surface area (Å²) in [7, 11) is 1.68. The largest absolute Gasteiger partial charge is 0.497 e. The second-order valence-corrected chi connectivity index (χ2v) is 8.02. The third kappa shape index (κ3) is 3.47. The van der Waals surface area contributed by atoms with Crippen LogP contribution in [0.25, 0.3) is 4.96 Å². The summed E-state index contributed by atoms with van der Waals surface area (Å²) >= 11 is 1.52. The second-order valence-electron chi connectivity index (χ2n) is 7.02. The molecule has 0 amide bonds. The molecule has 1 N–H and O–H groups in total. The Labute approximate surface area is 169 Å². The fourth-order valence-electron chi connectivity index (χ4n) is 3.80. The van der Waals surface area contributed by atoms with Crippen LogP contribution in [-0.2, 0) is 6.42 Å². The molecule has 0 aliphatic carbocycles. The molecule has 2 aromatic heterocycles. The molecule has 0 saturated carbocycles. The summed E-state index contributed by atoms with van der Waals surface area (Å²) in [5.74, 6) is 1.77. The standard InChI is InChI=1S/C20H27N5O2S/c1-4-16-21-20-25(22-16)19(26)18(28-20)17(14-7-6-8-15(13-14)27-3)24-11-9-23(5-2)10-12-24/h6-8,13,17,26H,4-5,9-12H2,1-3H3. The summed E-state index contributed by atoms with van der Waals surface area (Å²) in [5, 5.41) is 15.4. The van der Waals surface area contributed by atoms with Crippen LogP contribution in [0.2, 0.25) is 0 Å². The zero-order valence-corrected chi connectivity index (χ0v) is 17.4.